The Labute approximate surface area is 187 Å². The van der Waals surface area contributed by atoms with Crippen LogP contribution in [0.15, 0.2) is 41.8 Å². The number of rotatable bonds is 6. The molecule has 4 rings (SSSR count). The van der Waals surface area contributed by atoms with E-state index in [2.05, 4.69) is 64.8 Å². The monoisotopic (exact) mass is 435 g/mol. The Balaban J connectivity index is 1.34. The Morgan fingerprint density at radius 2 is 1.77 bits per heavy atom. The van der Waals surface area contributed by atoms with Crippen LogP contribution >= 0.6 is 11.3 Å². The van der Waals surface area contributed by atoms with E-state index < -0.39 is 0 Å². The second kappa shape index (κ2) is 9.47. The number of thiophene rings is 1. The first-order chi connectivity index (χ1) is 15.0. The molecule has 1 aliphatic rings. The Hall–Kier alpha value is -2.93. The molecule has 1 aromatic carbocycles. The first-order valence-electron chi connectivity index (χ1n) is 10.7. The van der Waals surface area contributed by atoms with Crippen molar-refractivity contribution in [1.82, 2.24) is 14.9 Å². The van der Waals surface area contributed by atoms with Gasteiger partial charge in [-0.3, -0.25) is 4.79 Å². The fourth-order valence-corrected chi connectivity index (χ4v) is 4.65. The van der Waals surface area contributed by atoms with Gasteiger partial charge in [-0.1, -0.05) is 17.7 Å². The zero-order valence-corrected chi connectivity index (χ0v) is 19.2. The second-order valence-electron chi connectivity index (χ2n) is 8.08. The zero-order valence-electron chi connectivity index (χ0n) is 18.4. The van der Waals surface area contributed by atoms with Crippen molar-refractivity contribution in [2.45, 2.75) is 33.6 Å². The summed E-state index contributed by atoms with van der Waals surface area (Å²) >= 11 is 1.74. The first kappa shape index (κ1) is 21.3. The number of carbonyl (C=O) groups excluding carboxylic acids is 1. The van der Waals surface area contributed by atoms with E-state index in [1.54, 1.807) is 11.3 Å². The lowest BCUT2D eigenvalue weighted by molar-refractivity contribution is -0.131. The molecule has 0 bridgehead atoms. The Morgan fingerprint density at radius 1 is 1.03 bits per heavy atom. The fraction of sp³-hybridized carbons (Fsp3) is 0.375. The largest absolute Gasteiger partial charge is 0.340 e. The highest BCUT2D eigenvalue weighted by Crippen LogP contribution is 2.21. The number of amides is 1. The molecule has 1 N–H and O–H groups in total. The van der Waals surface area contributed by atoms with Gasteiger partial charge >= 0.3 is 0 Å². The predicted molar refractivity (Wildman–Crippen MR) is 127 cm³/mol. The maximum atomic E-state index is 12.7. The number of benzene rings is 1. The third-order valence-electron chi connectivity index (χ3n) is 5.62. The van der Waals surface area contributed by atoms with Crippen molar-refractivity contribution in [2.24, 2.45) is 0 Å². The van der Waals surface area contributed by atoms with Gasteiger partial charge < -0.3 is 15.1 Å². The van der Waals surface area contributed by atoms with Gasteiger partial charge in [-0.15, -0.1) is 11.3 Å². The molecule has 0 saturated carbocycles. The Morgan fingerprint density at radius 3 is 2.45 bits per heavy atom. The highest BCUT2D eigenvalue weighted by molar-refractivity contribution is 7.10. The predicted octanol–water partition coefficient (Wildman–Crippen LogP) is 4.49. The molecule has 31 heavy (non-hydrogen) atoms. The minimum atomic E-state index is 0.235. The highest BCUT2D eigenvalue weighted by Gasteiger charge is 2.23. The van der Waals surface area contributed by atoms with E-state index in [1.165, 1.54) is 16.0 Å². The summed E-state index contributed by atoms with van der Waals surface area (Å²) in [7, 11) is 0. The number of hydrogen-bond donors (Lipinski definition) is 1. The number of aryl methyl sites for hydroxylation is 4. The number of nitrogens with one attached hydrogen (secondary N) is 1. The quantitative estimate of drug-likeness (QED) is 0.618. The molecule has 7 heteroatoms. The molecular weight excluding hydrogens is 406 g/mol. The molecule has 0 radical (unpaired) electrons. The molecule has 6 nitrogen and oxygen atoms in total. The standard InChI is InChI=1S/C24H29N5OS/c1-17-4-6-20(7-5-17)26-22-16-19(3)25-24(27-22)29-13-11-28(12-14-29)23(30)9-8-21-18(2)10-15-31-21/h4-7,10,15-16H,8-9,11-14H2,1-3H3,(H,25,26,27). The van der Waals surface area contributed by atoms with Crippen molar-refractivity contribution in [3.63, 3.8) is 0 Å². The molecule has 3 aromatic rings. The van der Waals surface area contributed by atoms with Crippen LogP contribution in [0.3, 0.4) is 0 Å². The van der Waals surface area contributed by atoms with E-state index in [0.717, 1.165) is 42.7 Å². The minimum Gasteiger partial charge on any atom is -0.340 e. The van der Waals surface area contributed by atoms with E-state index in [0.29, 0.717) is 19.5 Å². The lowest BCUT2D eigenvalue weighted by Crippen LogP contribution is -2.49. The summed E-state index contributed by atoms with van der Waals surface area (Å²) in [5.74, 6) is 1.74. The van der Waals surface area contributed by atoms with Crippen molar-refractivity contribution in [3.8, 4) is 0 Å². The molecule has 1 fully saturated rings. The van der Waals surface area contributed by atoms with Crippen LogP contribution in [0.4, 0.5) is 17.5 Å². The van der Waals surface area contributed by atoms with Gasteiger partial charge in [0.2, 0.25) is 11.9 Å². The summed E-state index contributed by atoms with van der Waals surface area (Å²) in [5.41, 5.74) is 4.44. The minimum absolute atomic E-state index is 0.235. The summed E-state index contributed by atoms with van der Waals surface area (Å²) in [6.07, 6.45) is 1.41. The third kappa shape index (κ3) is 5.41. The van der Waals surface area contributed by atoms with E-state index in [9.17, 15) is 4.79 Å². The topological polar surface area (TPSA) is 61.4 Å². The summed E-state index contributed by atoms with van der Waals surface area (Å²) in [6, 6.07) is 12.3. The number of carbonyl (C=O) groups is 1. The highest BCUT2D eigenvalue weighted by atomic mass is 32.1. The fourth-order valence-electron chi connectivity index (χ4n) is 3.74. The van der Waals surface area contributed by atoms with Crippen molar-refractivity contribution < 1.29 is 4.79 Å². The molecule has 0 atom stereocenters. The molecule has 162 valence electrons. The lowest BCUT2D eigenvalue weighted by Gasteiger charge is -2.35. The van der Waals surface area contributed by atoms with Crippen LogP contribution in [0.2, 0.25) is 0 Å². The second-order valence-corrected chi connectivity index (χ2v) is 9.08. The molecule has 1 aliphatic heterocycles. The van der Waals surface area contributed by atoms with E-state index in [1.807, 2.05) is 17.9 Å². The summed E-state index contributed by atoms with van der Waals surface area (Å²) in [4.78, 5) is 27.5. The van der Waals surface area contributed by atoms with Gasteiger partial charge in [-0.2, -0.15) is 4.98 Å². The van der Waals surface area contributed by atoms with Gasteiger partial charge in [0, 0.05) is 54.9 Å². The lowest BCUT2D eigenvalue weighted by atomic mass is 10.2. The number of anilines is 3. The summed E-state index contributed by atoms with van der Waals surface area (Å²) in [6.45, 7) is 9.08. The average molecular weight is 436 g/mol. The van der Waals surface area contributed by atoms with Crippen molar-refractivity contribution in [3.05, 3.63) is 63.5 Å². The number of nitrogens with zero attached hydrogens (tertiary/aromatic N) is 4. The molecule has 2 aromatic heterocycles. The Bertz CT molecular complexity index is 1040. The van der Waals surface area contributed by atoms with E-state index in [4.69, 9.17) is 4.98 Å². The number of piperazine rings is 1. The van der Waals surface area contributed by atoms with Crippen LogP contribution < -0.4 is 10.2 Å². The first-order valence-corrected chi connectivity index (χ1v) is 11.6. The molecule has 0 aliphatic carbocycles. The maximum Gasteiger partial charge on any atom is 0.227 e. The van der Waals surface area contributed by atoms with Gasteiger partial charge in [0.1, 0.15) is 5.82 Å². The van der Waals surface area contributed by atoms with Gasteiger partial charge in [0.25, 0.3) is 0 Å². The van der Waals surface area contributed by atoms with Crippen LogP contribution in [0.25, 0.3) is 0 Å². The Kier molecular flexibility index (Phi) is 6.51. The van der Waals surface area contributed by atoms with Gasteiger partial charge in [0.05, 0.1) is 0 Å². The molecule has 1 saturated heterocycles. The average Bonchev–Trinajstić information content (AvgIpc) is 3.18. The summed E-state index contributed by atoms with van der Waals surface area (Å²) in [5, 5.41) is 5.47. The van der Waals surface area contributed by atoms with Crippen molar-refractivity contribution >= 4 is 34.7 Å². The molecule has 0 unspecified atom stereocenters. The SMILES string of the molecule is Cc1ccc(Nc2cc(C)nc(N3CCN(C(=O)CCc4sccc4C)CC3)n2)cc1. The number of aromatic nitrogens is 2. The van der Waals surface area contributed by atoms with Crippen molar-refractivity contribution in [1.29, 1.82) is 0 Å². The van der Waals surface area contributed by atoms with Crippen LogP contribution in [-0.4, -0.2) is 47.0 Å². The van der Waals surface area contributed by atoms with Crippen molar-refractivity contribution in [2.75, 3.05) is 36.4 Å². The van der Waals surface area contributed by atoms with Gasteiger partial charge in [-0.05, 0) is 56.3 Å². The van der Waals surface area contributed by atoms with E-state index in [-0.39, 0.29) is 5.91 Å². The van der Waals surface area contributed by atoms with Crippen LogP contribution in [0.5, 0.6) is 0 Å². The maximum absolute atomic E-state index is 12.7. The number of hydrogen-bond acceptors (Lipinski definition) is 6. The molecule has 1 amide bonds. The van der Waals surface area contributed by atoms with Crippen LogP contribution in [0.1, 0.15) is 28.1 Å². The van der Waals surface area contributed by atoms with E-state index >= 15 is 0 Å². The molecule has 3 heterocycles. The summed E-state index contributed by atoms with van der Waals surface area (Å²) < 4.78 is 0. The molecule has 0 spiro atoms. The van der Waals surface area contributed by atoms with Gasteiger partial charge in [-0.25, -0.2) is 4.98 Å². The van der Waals surface area contributed by atoms with Crippen LogP contribution in [0, 0.1) is 20.8 Å². The third-order valence-corrected chi connectivity index (χ3v) is 6.70. The molecular formula is C24H29N5OS. The zero-order chi connectivity index (χ0) is 21.8. The van der Waals surface area contributed by atoms with Gasteiger partial charge in [0.15, 0.2) is 0 Å². The smallest absolute Gasteiger partial charge is 0.227 e. The normalized spacial score (nSPS) is 14.0. The van der Waals surface area contributed by atoms with Crippen LogP contribution in [-0.2, 0) is 11.2 Å².